The van der Waals surface area contributed by atoms with Crippen LogP contribution in [-0.4, -0.2) is 20.7 Å². The lowest BCUT2D eigenvalue weighted by molar-refractivity contribution is 0.103. The minimum atomic E-state index is -0.383. The van der Waals surface area contributed by atoms with Gasteiger partial charge in [0.25, 0.3) is 5.91 Å². The van der Waals surface area contributed by atoms with Crippen molar-refractivity contribution in [2.75, 3.05) is 5.32 Å². The molecule has 0 atom stereocenters. The molecule has 20 heavy (non-hydrogen) atoms. The van der Waals surface area contributed by atoms with Crippen LogP contribution in [0.25, 0.3) is 11.0 Å². The molecule has 3 rings (SSSR count). The van der Waals surface area contributed by atoms with Gasteiger partial charge in [0.2, 0.25) is 0 Å². The van der Waals surface area contributed by atoms with Gasteiger partial charge < -0.3 is 5.32 Å². The number of pyridine rings is 1. The number of anilines is 1. The molecule has 3 aromatic rings. The van der Waals surface area contributed by atoms with Crippen LogP contribution in [-0.2, 0) is 7.05 Å². The summed E-state index contributed by atoms with van der Waals surface area (Å²) in [5, 5.41) is 7.47. The Bertz CT molecular complexity index is 808. The van der Waals surface area contributed by atoms with E-state index in [-0.39, 0.29) is 11.0 Å². The number of carbonyl (C=O) groups excluding carboxylic acids is 1. The Morgan fingerprint density at radius 3 is 2.95 bits per heavy atom. The first-order valence-electron chi connectivity index (χ1n) is 5.90. The van der Waals surface area contributed by atoms with Gasteiger partial charge in [-0.25, -0.2) is 4.98 Å². The number of amides is 1. The molecule has 0 aliphatic heterocycles. The molecule has 0 saturated carbocycles. The minimum absolute atomic E-state index is 0.325. The standard InChI is InChI=1S/C13H11FN4OS/c1-7-9-5-8(6-15-12(9)18(2)17-7)16-13(19)10-3-4-11(14)20-10/h3-6H,1-2H3,(H,16,19). The summed E-state index contributed by atoms with van der Waals surface area (Å²) in [4.78, 5) is 16.5. The maximum Gasteiger partial charge on any atom is 0.265 e. The molecule has 0 saturated heterocycles. The van der Waals surface area contributed by atoms with E-state index in [4.69, 9.17) is 0 Å². The fraction of sp³-hybridized carbons (Fsp3) is 0.154. The van der Waals surface area contributed by atoms with Crippen LogP contribution in [0.5, 0.6) is 0 Å². The molecule has 7 heteroatoms. The van der Waals surface area contributed by atoms with Gasteiger partial charge in [0, 0.05) is 12.4 Å². The Hall–Kier alpha value is -2.28. The highest BCUT2D eigenvalue weighted by molar-refractivity contribution is 7.12. The number of aryl methyl sites for hydroxylation is 2. The van der Waals surface area contributed by atoms with Crippen LogP contribution < -0.4 is 5.32 Å². The van der Waals surface area contributed by atoms with E-state index in [2.05, 4.69) is 15.4 Å². The summed E-state index contributed by atoms with van der Waals surface area (Å²) in [5.74, 6) is -0.346. The van der Waals surface area contributed by atoms with Crippen LogP contribution in [0.2, 0.25) is 0 Å². The Morgan fingerprint density at radius 2 is 2.25 bits per heavy atom. The smallest absolute Gasteiger partial charge is 0.265 e. The molecule has 3 aromatic heterocycles. The van der Waals surface area contributed by atoms with Crippen molar-refractivity contribution >= 4 is 34.0 Å². The predicted octanol–water partition coefficient (Wildman–Crippen LogP) is 2.73. The molecule has 102 valence electrons. The molecule has 1 N–H and O–H groups in total. The van der Waals surface area contributed by atoms with Crippen molar-refractivity contribution in [1.82, 2.24) is 14.8 Å². The number of aromatic nitrogens is 3. The van der Waals surface area contributed by atoms with Crippen LogP contribution in [0.1, 0.15) is 15.4 Å². The number of nitrogens with zero attached hydrogens (tertiary/aromatic N) is 3. The molecule has 0 unspecified atom stereocenters. The second-order valence-electron chi connectivity index (χ2n) is 4.36. The maximum atomic E-state index is 12.9. The highest BCUT2D eigenvalue weighted by Gasteiger charge is 2.12. The van der Waals surface area contributed by atoms with Gasteiger partial charge in [-0.15, -0.1) is 11.3 Å². The number of halogens is 1. The minimum Gasteiger partial charge on any atom is -0.320 e. The largest absolute Gasteiger partial charge is 0.320 e. The normalized spacial score (nSPS) is 10.9. The lowest BCUT2D eigenvalue weighted by Gasteiger charge is -2.03. The van der Waals surface area contributed by atoms with Crippen LogP contribution >= 0.6 is 11.3 Å². The van der Waals surface area contributed by atoms with Gasteiger partial charge in [-0.05, 0) is 25.1 Å². The van der Waals surface area contributed by atoms with Crippen molar-refractivity contribution in [3.8, 4) is 0 Å². The molecule has 0 radical (unpaired) electrons. The summed E-state index contributed by atoms with van der Waals surface area (Å²) in [6.07, 6.45) is 1.56. The van der Waals surface area contributed by atoms with Gasteiger partial charge in [0.05, 0.1) is 22.5 Å². The van der Waals surface area contributed by atoms with E-state index in [0.717, 1.165) is 28.1 Å². The van der Waals surface area contributed by atoms with Crippen LogP contribution in [0.3, 0.4) is 0 Å². The fourth-order valence-electron chi connectivity index (χ4n) is 2.01. The quantitative estimate of drug-likeness (QED) is 0.789. The molecule has 0 aromatic carbocycles. The van der Waals surface area contributed by atoms with Crippen LogP contribution in [0.15, 0.2) is 24.4 Å². The zero-order chi connectivity index (χ0) is 14.3. The Labute approximate surface area is 118 Å². The van der Waals surface area contributed by atoms with Gasteiger partial charge in [0.15, 0.2) is 10.8 Å². The summed E-state index contributed by atoms with van der Waals surface area (Å²) in [6, 6.07) is 4.54. The first-order valence-corrected chi connectivity index (χ1v) is 6.72. The Morgan fingerprint density at radius 1 is 1.45 bits per heavy atom. The van der Waals surface area contributed by atoms with E-state index in [1.54, 1.807) is 10.9 Å². The Balaban J connectivity index is 1.91. The van der Waals surface area contributed by atoms with Crippen LogP contribution in [0.4, 0.5) is 10.1 Å². The highest BCUT2D eigenvalue weighted by Crippen LogP contribution is 2.21. The van der Waals surface area contributed by atoms with Crippen molar-refractivity contribution in [3.05, 3.63) is 40.1 Å². The molecule has 3 heterocycles. The van der Waals surface area contributed by atoms with Gasteiger partial charge in [-0.1, -0.05) is 0 Å². The predicted molar refractivity (Wildman–Crippen MR) is 75.5 cm³/mol. The van der Waals surface area contributed by atoms with E-state index in [1.165, 1.54) is 12.1 Å². The zero-order valence-electron chi connectivity index (χ0n) is 10.8. The average molecular weight is 290 g/mol. The summed E-state index contributed by atoms with van der Waals surface area (Å²) >= 11 is 0.810. The van der Waals surface area contributed by atoms with Gasteiger partial charge in [-0.3, -0.25) is 9.48 Å². The number of fused-ring (bicyclic) bond motifs is 1. The van der Waals surface area contributed by atoms with Crippen molar-refractivity contribution in [1.29, 1.82) is 0 Å². The van der Waals surface area contributed by atoms with Crippen molar-refractivity contribution in [2.45, 2.75) is 6.92 Å². The molecule has 0 spiro atoms. The second-order valence-corrected chi connectivity index (χ2v) is 5.40. The second kappa shape index (κ2) is 4.68. The third-order valence-corrected chi connectivity index (χ3v) is 3.79. The van der Waals surface area contributed by atoms with Crippen molar-refractivity contribution < 1.29 is 9.18 Å². The number of thiophene rings is 1. The van der Waals surface area contributed by atoms with Crippen molar-refractivity contribution in [3.63, 3.8) is 0 Å². The van der Waals surface area contributed by atoms with E-state index in [1.807, 2.05) is 20.0 Å². The first kappa shape index (κ1) is 12.7. The number of hydrogen-bond acceptors (Lipinski definition) is 4. The topological polar surface area (TPSA) is 59.8 Å². The highest BCUT2D eigenvalue weighted by atomic mass is 32.1. The van der Waals surface area contributed by atoms with E-state index in [0.29, 0.717) is 10.6 Å². The van der Waals surface area contributed by atoms with Crippen molar-refractivity contribution in [2.24, 2.45) is 7.05 Å². The molecule has 0 fully saturated rings. The molecule has 0 aliphatic carbocycles. The SMILES string of the molecule is Cc1nn(C)c2ncc(NC(=O)c3ccc(F)s3)cc12. The zero-order valence-corrected chi connectivity index (χ0v) is 11.7. The maximum absolute atomic E-state index is 12.9. The fourth-order valence-corrected chi connectivity index (χ4v) is 2.63. The molecule has 0 bridgehead atoms. The summed E-state index contributed by atoms with van der Waals surface area (Å²) < 4.78 is 14.6. The molecular weight excluding hydrogens is 279 g/mol. The van der Waals surface area contributed by atoms with Crippen LogP contribution in [0, 0.1) is 12.1 Å². The number of carbonyl (C=O) groups is 1. The lowest BCUT2D eigenvalue weighted by atomic mass is 10.2. The molecule has 5 nitrogen and oxygen atoms in total. The average Bonchev–Trinajstić information content (AvgIpc) is 2.95. The monoisotopic (exact) mass is 290 g/mol. The van der Waals surface area contributed by atoms with E-state index < -0.39 is 0 Å². The van der Waals surface area contributed by atoms with Gasteiger partial charge >= 0.3 is 0 Å². The number of nitrogens with one attached hydrogen (secondary N) is 1. The third-order valence-electron chi connectivity index (χ3n) is 2.92. The summed E-state index contributed by atoms with van der Waals surface area (Å²) in [7, 11) is 1.81. The summed E-state index contributed by atoms with van der Waals surface area (Å²) in [6.45, 7) is 1.88. The third kappa shape index (κ3) is 2.16. The van der Waals surface area contributed by atoms with Gasteiger partial charge in [0.1, 0.15) is 0 Å². The molecule has 1 amide bonds. The molecule has 0 aliphatic rings. The number of hydrogen-bond donors (Lipinski definition) is 1. The van der Waals surface area contributed by atoms with Gasteiger partial charge in [-0.2, -0.15) is 9.49 Å². The molecular formula is C13H11FN4OS. The van der Waals surface area contributed by atoms with E-state index in [9.17, 15) is 9.18 Å². The van der Waals surface area contributed by atoms with E-state index >= 15 is 0 Å². The Kier molecular flexibility index (Phi) is 2.98. The number of rotatable bonds is 2. The summed E-state index contributed by atoms with van der Waals surface area (Å²) in [5.41, 5.74) is 2.16. The lowest BCUT2D eigenvalue weighted by Crippen LogP contribution is -2.10. The first-order chi connectivity index (χ1) is 9.54.